The molecule has 2 aliphatic heterocycles. The molecule has 2 heterocycles. The van der Waals surface area contributed by atoms with Gasteiger partial charge in [-0.25, -0.2) is 0 Å². The summed E-state index contributed by atoms with van der Waals surface area (Å²) >= 11 is 0. The van der Waals surface area contributed by atoms with Crippen molar-refractivity contribution in [3.8, 4) is 0 Å². The summed E-state index contributed by atoms with van der Waals surface area (Å²) < 4.78 is 5.39. The monoisotopic (exact) mass is 575 g/mol. The Morgan fingerprint density at radius 3 is 2.48 bits per heavy atom. The number of likely N-dealkylation sites (tertiary alicyclic amines) is 1. The Morgan fingerprint density at radius 2 is 1.83 bits per heavy atom. The van der Waals surface area contributed by atoms with Gasteiger partial charge in [-0.1, -0.05) is 70.4 Å². The quantitative estimate of drug-likeness (QED) is 0.277. The fourth-order valence-corrected chi connectivity index (χ4v) is 8.35. The number of piperidine rings is 1. The molecule has 1 aromatic rings. The van der Waals surface area contributed by atoms with Gasteiger partial charge in [-0.05, 0) is 86.5 Å². The van der Waals surface area contributed by atoms with E-state index in [1.54, 1.807) is 18.7 Å². The van der Waals surface area contributed by atoms with E-state index >= 15 is 0 Å². The molecule has 4 aliphatic rings. The predicted octanol–water partition coefficient (Wildman–Crippen LogP) is 7.18. The standard InChI is InChI=1S/C36H53N3O3/c1-4-9-28(3)36(30-12-6-5-7-13-30)20-18-35(19-21-36)17-16-32(34(41)39(35)26-29-10-8-11-29)27(2)14-15-33(40)38-25-31-24-37-22-23-42-31/h5-7,12-13,22-24,27-29,32,37H,4,8-11,14-21,25-26H2,1-3H3,(H,38,40)/t27?,28?,32?,35-,36-. The van der Waals surface area contributed by atoms with Crippen LogP contribution < -0.4 is 10.6 Å². The lowest BCUT2D eigenvalue weighted by molar-refractivity contribution is -0.156. The maximum atomic E-state index is 14.3. The van der Waals surface area contributed by atoms with Gasteiger partial charge in [-0.15, -0.1) is 0 Å². The van der Waals surface area contributed by atoms with Crippen LogP contribution in [0.25, 0.3) is 0 Å². The number of carbonyl (C=O) groups is 2. The van der Waals surface area contributed by atoms with E-state index in [9.17, 15) is 9.59 Å². The highest BCUT2D eigenvalue weighted by molar-refractivity contribution is 5.81. The molecule has 1 spiro atoms. The van der Waals surface area contributed by atoms with Crippen molar-refractivity contribution in [3.63, 3.8) is 0 Å². The zero-order valence-corrected chi connectivity index (χ0v) is 26.2. The van der Waals surface area contributed by atoms with Crippen LogP contribution in [0.15, 0.2) is 54.8 Å². The molecule has 0 bridgehead atoms. The second-order valence-electron chi connectivity index (χ2n) is 13.8. The first-order valence-corrected chi connectivity index (χ1v) is 16.8. The van der Waals surface area contributed by atoms with Crippen molar-refractivity contribution in [2.24, 2.45) is 23.7 Å². The first-order chi connectivity index (χ1) is 20.4. The Morgan fingerprint density at radius 1 is 1.07 bits per heavy atom. The largest absolute Gasteiger partial charge is 0.464 e. The molecular weight excluding hydrogens is 522 g/mol. The minimum absolute atomic E-state index is 0.000679. The minimum atomic E-state index is 0.000679. The average molecular weight is 576 g/mol. The van der Waals surface area contributed by atoms with Crippen LogP contribution in [0.1, 0.15) is 110 Å². The van der Waals surface area contributed by atoms with E-state index in [0.717, 1.165) is 38.6 Å². The Kier molecular flexibility index (Phi) is 10.0. The van der Waals surface area contributed by atoms with Gasteiger partial charge in [0.15, 0.2) is 0 Å². The Hall–Kier alpha value is -2.76. The molecule has 2 amide bonds. The summed E-state index contributed by atoms with van der Waals surface area (Å²) in [5.74, 6) is 2.57. The third-order valence-electron chi connectivity index (χ3n) is 11.4. The van der Waals surface area contributed by atoms with Gasteiger partial charge in [0.25, 0.3) is 0 Å². The van der Waals surface area contributed by atoms with Crippen molar-refractivity contribution in [2.75, 3.05) is 13.1 Å². The number of nitrogens with zero attached hydrogens (tertiary/aromatic N) is 1. The first-order valence-electron chi connectivity index (χ1n) is 16.8. The maximum Gasteiger partial charge on any atom is 0.226 e. The van der Waals surface area contributed by atoms with Crippen molar-refractivity contribution in [1.82, 2.24) is 15.5 Å². The van der Waals surface area contributed by atoms with Crippen LogP contribution in [-0.4, -0.2) is 35.3 Å². The summed E-state index contributed by atoms with van der Waals surface area (Å²) in [6, 6.07) is 11.2. The molecule has 230 valence electrons. The first kappa shape index (κ1) is 30.7. The molecule has 6 nitrogen and oxygen atoms in total. The molecule has 0 aromatic heterocycles. The molecule has 2 aliphatic carbocycles. The number of hydrogen-bond acceptors (Lipinski definition) is 4. The van der Waals surface area contributed by atoms with Crippen molar-refractivity contribution in [2.45, 2.75) is 115 Å². The summed E-state index contributed by atoms with van der Waals surface area (Å²) in [5, 5.41) is 5.93. The van der Waals surface area contributed by atoms with E-state index in [0.29, 0.717) is 36.5 Å². The fraction of sp³-hybridized carbons (Fsp3) is 0.667. The molecule has 0 radical (unpaired) electrons. The lowest BCUT2D eigenvalue weighted by atomic mass is 9.56. The molecule has 1 saturated heterocycles. The summed E-state index contributed by atoms with van der Waals surface area (Å²) in [5.41, 5.74) is 1.70. The average Bonchev–Trinajstić information content (AvgIpc) is 2.99. The van der Waals surface area contributed by atoms with Gasteiger partial charge in [-0.2, -0.15) is 0 Å². The molecule has 2 N–H and O–H groups in total. The van der Waals surface area contributed by atoms with Crippen LogP contribution >= 0.6 is 0 Å². The van der Waals surface area contributed by atoms with E-state index in [1.165, 1.54) is 50.5 Å². The van der Waals surface area contributed by atoms with E-state index in [2.05, 4.69) is 66.6 Å². The van der Waals surface area contributed by atoms with Crippen molar-refractivity contribution < 1.29 is 14.3 Å². The topological polar surface area (TPSA) is 70.7 Å². The zero-order chi connectivity index (χ0) is 29.6. The van der Waals surface area contributed by atoms with Gasteiger partial charge in [0, 0.05) is 36.8 Å². The van der Waals surface area contributed by atoms with E-state index in [1.807, 2.05) is 0 Å². The lowest BCUT2D eigenvalue weighted by Gasteiger charge is -2.58. The molecular formula is C36H53N3O3. The molecule has 1 aromatic carbocycles. The van der Waals surface area contributed by atoms with Gasteiger partial charge >= 0.3 is 0 Å². The number of hydrogen-bond donors (Lipinski definition) is 2. The zero-order valence-electron chi connectivity index (χ0n) is 26.2. The number of rotatable bonds is 12. The van der Waals surface area contributed by atoms with Gasteiger partial charge < -0.3 is 20.3 Å². The molecule has 6 heteroatoms. The van der Waals surface area contributed by atoms with Crippen LogP contribution in [0, 0.1) is 23.7 Å². The fourth-order valence-electron chi connectivity index (χ4n) is 8.35. The normalized spacial score (nSPS) is 29.2. The Balaban J connectivity index is 1.24. The van der Waals surface area contributed by atoms with Gasteiger partial charge in [-0.3, -0.25) is 9.59 Å². The van der Waals surface area contributed by atoms with Crippen molar-refractivity contribution in [3.05, 3.63) is 60.3 Å². The molecule has 3 fully saturated rings. The van der Waals surface area contributed by atoms with Crippen LogP contribution in [0.2, 0.25) is 0 Å². The second-order valence-corrected chi connectivity index (χ2v) is 13.8. The van der Waals surface area contributed by atoms with Gasteiger partial charge in [0.05, 0.1) is 6.54 Å². The smallest absolute Gasteiger partial charge is 0.226 e. The lowest BCUT2D eigenvalue weighted by Crippen LogP contribution is -2.62. The van der Waals surface area contributed by atoms with Gasteiger partial charge in [0.1, 0.15) is 12.0 Å². The maximum absolute atomic E-state index is 14.3. The summed E-state index contributed by atoms with van der Waals surface area (Å²) in [4.78, 5) is 29.4. The van der Waals surface area contributed by atoms with Crippen LogP contribution in [-0.2, 0) is 19.7 Å². The highest BCUT2D eigenvalue weighted by Crippen LogP contribution is 2.54. The number of ether oxygens (including phenoxy) is 1. The van der Waals surface area contributed by atoms with Crippen LogP contribution in [0.3, 0.4) is 0 Å². The SMILES string of the molecule is CCCC(C)[C@]1(c2ccccc2)CC[C@@]2(CCC(C(C)CCC(=O)NCC3=CNC=CO3)C(=O)N2CC2CCC2)CC1. The summed E-state index contributed by atoms with van der Waals surface area (Å²) in [6.07, 6.45) is 19.1. The van der Waals surface area contributed by atoms with Crippen molar-refractivity contribution >= 4 is 11.8 Å². The molecule has 5 rings (SSSR count). The molecule has 3 atom stereocenters. The van der Waals surface area contributed by atoms with Crippen molar-refractivity contribution in [1.29, 1.82) is 0 Å². The predicted molar refractivity (Wildman–Crippen MR) is 168 cm³/mol. The molecule has 2 saturated carbocycles. The highest BCUT2D eigenvalue weighted by atomic mass is 16.5. The molecule has 3 unspecified atom stereocenters. The number of nitrogens with one attached hydrogen (secondary N) is 2. The Labute approximate surface area is 253 Å². The number of benzene rings is 1. The van der Waals surface area contributed by atoms with E-state index in [-0.39, 0.29) is 28.7 Å². The van der Waals surface area contributed by atoms with Crippen LogP contribution in [0.4, 0.5) is 0 Å². The summed E-state index contributed by atoms with van der Waals surface area (Å²) in [6.45, 7) is 8.26. The van der Waals surface area contributed by atoms with E-state index < -0.39 is 0 Å². The number of carbonyl (C=O) groups excluding carboxylic acids is 2. The number of amides is 2. The van der Waals surface area contributed by atoms with Gasteiger partial charge in [0.2, 0.25) is 11.8 Å². The molecule has 42 heavy (non-hydrogen) atoms. The summed E-state index contributed by atoms with van der Waals surface area (Å²) in [7, 11) is 0. The Bertz CT molecular complexity index is 1120. The third kappa shape index (κ3) is 6.58. The van der Waals surface area contributed by atoms with E-state index in [4.69, 9.17) is 4.74 Å². The third-order valence-corrected chi connectivity index (χ3v) is 11.4. The second kappa shape index (κ2) is 13.7. The van der Waals surface area contributed by atoms with Crippen LogP contribution in [0.5, 0.6) is 0 Å². The minimum Gasteiger partial charge on any atom is -0.464 e. The highest BCUT2D eigenvalue weighted by Gasteiger charge is 2.53.